The molecule has 0 aliphatic heterocycles. The van der Waals surface area contributed by atoms with Crippen molar-refractivity contribution in [1.82, 2.24) is 0 Å². The molecule has 11 aromatic carbocycles. The van der Waals surface area contributed by atoms with Gasteiger partial charge in [-0.15, -0.1) is 0 Å². The van der Waals surface area contributed by atoms with Crippen molar-refractivity contribution in [2.45, 2.75) is 0 Å². The number of fused-ring (bicyclic) bond motifs is 7. The smallest absolute Gasteiger partial charge is 0.143 e. The first-order valence-corrected chi connectivity index (χ1v) is 21.2. The third-order valence-corrected chi connectivity index (χ3v) is 12.5. The van der Waals surface area contributed by atoms with E-state index in [-0.39, 0.29) is 0 Å². The van der Waals surface area contributed by atoms with E-state index in [2.05, 4.69) is 229 Å². The highest BCUT2D eigenvalue weighted by molar-refractivity contribution is 6.15. The summed E-state index contributed by atoms with van der Waals surface area (Å²) in [5.41, 5.74) is 14.6. The summed E-state index contributed by atoms with van der Waals surface area (Å²) in [6, 6.07) is 85.5. The predicted molar refractivity (Wildman–Crippen MR) is 263 cm³/mol. The van der Waals surface area contributed by atoms with Gasteiger partial charge >= 0.3 is 0 Å². The van der Waals surface area contributed by atoms with Crippen molar-refractivity contribution < 1.29 is 4.42 Å². The SMILES string of the molecule is c1ccc(-c2c(-c3ccc(N(c4ccc(-c5ccc(-c6cccc7c6oc6ccccc67)cc5)cc4)c4cc5ccccc5c5ccccc45)cc3)ccc3ccccc23)cc1. The number of para-hydroxylation sites is 2. The molecular weight excluding hydrogens is 751 g/mol. The van der Waals surface area contributed by atoms with Gasteiger partial charge in [-0.25, -0.2) is 0 Å². The zero-order valence-electron chi connectivity index (χ0n) is 33.9. The van der Waals surface area contributed by atoms with Gasteiger partial charge in [0.1, 0.15) is 11.2 Å². The lowest BCUT2D eigenvalue weighted by Crippen LogP contribution is -2.10. The van der Waals surface area contributed by atoms with Crippen molar-refractivity contribution in [3.63, 3.8) is 0 Å². The van der Waals surface area contributed by atoms with Gasteiger partial charge in [0.2, 0.25) is 0 Å². The van der Waals surface area contributed by atoms with Crippen molar-refractivity contribution in [2.75, 3.05) is 4.90 Å². The maximum absolute atomic E-state index is 6.38. The van der Waals surface area contributed by atoms with E-state index in [0.717, 1.165) is 61.3 Å². The second kappa shape index (κ2) is 14.8. The maximum Gasteiger partial charge on any atom is 0.143 e. The minimum Gasteiger partial charge on any atom is -0.455 e. The fourth-order valence-electron chi connectivity index (χ4n) is 9.48. The fraction of sp³-hybridized carbons (Fsp3) is 0. The highest BCUT2D eigenvalue weighted by Gasteiger charge is 2.19. The van der Waals surface area contributed by atoms with E-state index >= 15 is 0 Å². The molecule has 0 unspecified atom stereocenters. The van der Waals surface area contributed by atoms with E-state index < -0.39 is 0 Å². The molecule has 0 saturated heterocycles. The van der Waals surface area contributed by atoms with Gasteiger partial charge in [0, 0.05) is 33.1 Å². The second-order valence-electron chi connectivity index (χ2n) is 16.0. The number of hydrogen-bond donors (Lipinski definition) is 0. The molecule has 0 bridgehead atoms. The van der Waals surface area contributed by atoms with Crippen LogP contribution in [0.3, 0.4) is 0 Å². The molecule has 0 aliphatic rings. The Balaban J connectivity index is 0.953. The van der Waals surface area contributed by atoms with Crippen molar-refractivity contribution in [3.8, 4) is 44.5 Å². The Morgan fingerprint density at radius 3 is 1.56 bits per heavy atom. The first-order chi connectivity index (χ1) is 30.7. The van der Waals surface area contributed by atoms with E-state index in [1.54, 1.807) is 0 Å². The van der Waals surface area contributed by atoms with Crippen molar-refractivity contribution in [1.29, 1.82) is 0 Å². The molecule has 1 heterocycles. The summed E-state index contributed by atoms with van der Waals surface area (Å²) in [5.74, 6) is 0. The summed E-state index contributed by atoms with van der Waals surface area (Å²) < 4.78 is 6.38. The number of benzene rings is 11. The highest BCUT2D eigenvalue weighted by atomic mass is 16.3. The zero-order chi connectivity index (χ0) is 41.0. The van der Waals surface area contributed by atoms with Crippen LogP contribution < -0.4 is 4.90 Å². The largest absolute Gasteiger partial charge is 0.455 e. The van der Waals surface area contributed by atoms with Crippen LogP contribution in [0.25, 0.3) is 98.8 Å². The standard InChI is InChI=1S/C60H39NO/c1-2-14-45(15-3-1)59-50-18-7-4-13-42(50)33-38-51(59)43-31-36-48(37-32-43)61(57-39-46-16-5-6-17-49(46)53-19-8-9-20-54(53)57)47-34-29-41(30-35-47)40-25-27-44(28-26-40)52-22-12-23-56-55-21-10-11-24-58(55)62-60(52)56/h1-39H. The summed E-state index contributed by atoms with van der Waals surface area (Å²) >= 11 is 0. The van der Waals surface area contributed by atoms with E-state index in [0.29, 0.717) is 0 Å². The molecule has 0 radical (unpaired) electrons. The minimum absolute atomic E-state index is 0.912. The molecule has 12 aromatic rings. The number of nitrogens with zero attached hydrogens (tertiary/aromatic N) is 1. The van der Waals surface area contributed by atoms with Gasteiger partial charge in [0.25, 0.3) is 0 Å². The number of rotatable bonds is 7. The molecule has 12 rings (SSSR count). The Bertz CT molecular complexity index is 3600. The first kappa shape index (κ1) is 35.7. The molecule has 0 amide bonds. The quantitative estimate of drug-likeness (QED) is 0.150. The second-order valence-corrected chi connectivity index (χ2v) is 16.0. The van der Waals surface area contributed by atoms with E-state index in [1.807, 2.05) is 12.1 Å². The third kappa shape index (κ3) is 6.04. The molecule has 62 heavy (non-hydrogen) atoms. The molecule has 290 valence electrons. The third-order valence-electron chi connectivity index (χ3n) is 12.5. The summed E-state index contributed by atoms with van der Waals surface area (Å²) in [6.45, 7) is 0. The predicted octanol–water partition coefficient (Wildman–Crippen LogP) is 17.2. The van der Waals surface area contributed by atoms with Crippen LogP contribution in [0.1, 0.15) is 0 Å². The van der Waals surface area contributed by atoms with Gasteiger partial charge in [0.15, 0.2) is 0 Å². The van der Waals surface area contributed by atoms with Crippen LogP contribution in [0.5, 0.6) is 0 Å². The zero-order valence-corrected chi connectivity index (χ0v) is 33.9. The molecule has 2 nitrogen and oxygen atoms in total. The molecular formula is C60H39NO. The highest BCUT2D eigenvalue weighted by Crippen LogP contribution is 2.45. The Morgan fingerprint density at radius 2 is 0.823 bits per heavy atom. The van der Waals surface area contributed by atoms with Crippen LogP contribution in [0.15, 0.2) is 241 Å². The molecule has 0 atom stereocenters. The van der Waals surface area contributed by atoms with Crippen LogP contribution in [-0.2, 0) is 0 Å². The molecule has 1 aromatic heterocycles. The normalized spacial score (nSPS) is 11.5. The first-order valence-electron chi connectivity index (χ1n) is 21.2. The summed E-state index contributed by atoms with van der Waals surface area (Å²) in [5, 5.41) is 9.68. The van der Waals surface area contributed by atoms with Gasteiger partial charge in [-0.1, -0.05) is 200 Å². The van der Waals surface area contributed by atoms with Crippen LogP contribution in [0, 0.1) is 0 Å². The Hall–Kier alpha value is -8.20. The van der Waals surface area contributed by atoms with Gasteiger partial charge in [0.05, 0.1) is 5.69 Å². The molecule has 2 heteroatoms. The van der Waals surface area contributed by atoms with Crippen molar-refractivity contribution in [3.05, 3.63) is 237 Å². The van der Waals surface area contributed by atoms with Gasteiger partial charge in [-0.3, -0.25) is 0 Å². The average Bonchev–Trinajstić information content (AvgIpc) is 3.74. The monoisotopic (exact) mass is 789 g/mol. The summed E-state index contributed by atoms with van der Waals surface area (Å²) in [6.07, 6.45) is 0. The summed E-state index contributed by atoms with van der Waals surface area (Å²) in [7, 11) is 0. The molecule has 0 spiro atoms. The van der Waals surface area contributed by atoms with Gasteiger partial charge in [-0.05, 0) is 102 Å². The van der Waals surface area contributed by atoms with E-state index in [4.69, 9.17) is 4.42 Å². The van der Waals surface area contributed by atoms with Crippen LogP contribution in [0.2, 0.25) is 0 Å². The lowest BCUT2D eigenvalue weighted by Gasteiger charge is -2.28. The number of furan rings is 1. The van der Waals surface area contributed by atoms with Crippen molar-refractivity contribution in [2.24, 2.45) is 0 Å². The maximum atomic E-state index is 6.38. The van der Waals surface area contributed by atoms with Crippen molar-refractivity contribution >= 4 is 71.3 Å². The van der Waals surface area contributed by atoms with Gasteiger partial charge < -0.3 is 9.32 Å². The molecule has 0 N–H and O–H groups in total. The topological polar surface area (TPSA) is 16.4 Å². The van der Waals surface area contributed by atoms with Crippen LogP contribution >= 0.6 is 0 Å². The minimum atomic E-state index is 0.912. The molecule has 0 aliphatic carbocycles. The van der Waals surface area contributed by atoms with E-state index in [1.165, 1.54) is 54.6 Å². The molecule has 0 fully saturated rings. The van der Waals surface area contributed by atoms with E-state index in [9.17, 15) is 0 Å². The lowest BCUT2D eigenvalue weighted by molar-refractivity contribution is 0.670. The fourth-order valence-corrected chi connectivity index (χ4v) is 9.48. The van der Waals surface area contributed by atoms with Gasteiger partial charge in [-0.2, -0.15) is 0 Å². The lowest BCUT2D eigenvalue weighted by atomic mass is 9.89. The Labute approximate surface area is 360 Å². The molecule has 0 saturated carbocycles. The van der Waals surface area contributed by atoms with Crippen LogP contribution in [0.4, 0.5) is 17.1 Å². The number of anilines is 3. The Kier molecular flexibility index (Phi) is 8.53. The number of hydrogen-bond acceptors (Lipinski definition) is 2. The Morgan fingerprint density at radius 1 is 0.290 bits per heavy atom. The summed E-state index contributed by atoms with van der Waals surface area (Å²) in [4.78, 5) is 2.41. The average molecular weight is 790 g/mol. The van der Waals surface area contributed by atoms with Crippen LogP contribution in [-0.4, -0.2) is 0 Å².